The number of alkyl halides is 2. The molecular formula is C11H7BrF3N3O2. The number of carboxylic acids is 1. The molecule has 9 heteroatoms. The Morgan fingerprint density at radius 1 is 1.45 bits per heavy atom. The van der Waals surface area contributed by atoms with Crippen LogP contribution in [0.5, 0.6) is 0 Å². The summed E-state index contributed by atoms with van der Waals surface area (Å²) in [5.41, 5.74) is -1.10. The highest BCUT2D eigenvalue weighted by molar-refractivity contribution is 9.10. The zero-order chi connectivity index (χ0) is 14.9. The van der Waals surface area contributed by atoms with Crippen LogP contribution in [0.4, 0.5) is 13.2 Å². The molecule has 106 valence electrons. The summed E-state index contributed by atoms with van der Waals surface area (Å²) >= 11 is 2.97. The topological polar surface area (TPSA) is 68.0 Å². The molecule has 0 aliphatic heterocycles. The lowest BCUT2D eigenvalue weighted by Gasteiger charge is -2.07. The minimum absolute atomic E-state index is 0.140. The summed E-state index contributed by atoms with van der Waals surface area (Å²) in [6, 6.07) is 3.95. The third kappa shape index (κ3) is 2.82. The van der Waals surface area contributed by atoms with Crippen LogP contribution in [-0.4, -0.2) is 26.1 Å². The normalized spacial score (nSPS) is 11.1. The zero-order valence-electron chi connectivity index (χ0n) is 9.73. The van der Waals surface area contributed by atoms with Gasteiger partial charge in [0.05, 0.1) is 11.0 Å². The molecule has 2 rings (SSSR count). The fourth-order valence-corrected chi connectivity index (χ4v) is 2.04. The van der Waals surface area contributed by atoms with Crippen LogP contribution in [0.3, 0.4) is 0 Å². The van der Waals surface area contributed by atoms with Gasteiger partial charge in [0.25, 0.3) is 6.43 Å². The van der Waals surface area contributed by atoms with Crippen LogP contribution in [0.1, 0.15) is 28.2 Å². The molecule has 0 atom stereocenters. The van der Waals surface area contributed by atoms with Crippen molar-refractivity contribution in [3.05, 3.63) is 45.4 Å². The predicted octanol–water partition coefficient (Wildman–Crippen LogP) is 2.86. The number of rotatable bonds is 4. The molecule has 0 unspecified atom stereocenters. The number of benzene rings is 1. The maximum Gasteiger partial charge on any atom is 0.358 e. The molecule has 1 aromatic heterocycles. The molecule has 0 spiro atoms. The predicted molar refractivity (Wildman–Crippen MR) is 65.1 cm³/mol. The highest BCUT2D eigenvalue weighted by Gasteiger charge is 2.26. The average Bonchev–Trinajstić information content (AvgIpc) is 2.78. The zero-order valence-corrected chi connectivity index (χ0v) is 11.3. The lowest BCUT2D eigenvalue weighted by molar-refractivity contribution is 0.0675. The van der Waals surface area contributed by atoms with Crippen molar-refractivity contribution in [1.29, 1.82) is 0 Å². The monoisotopic (exact) mass is 349 g/mol. The molecule has 0 fully saturated rings. The van der Waals surface area contributed by atoms with E-state index in [1.807, 2.05) is 0 Å². The van der Waals surface area contributed by atoms with Crippen molar-refractivity contribution in [1.82, 2.24) is 15.0 Å². The standard InChI is InChI=1S/C11H7BrF3N3O2/c12-6-3-5(1-2-7(6)13)4-18-9(10(14)15)8(11(19)20)16-17-18/h1-3,10H,4H2,(H,19,20). The largest absolute Gasteiger partial charge is 0.476 e. The second kappa shape index (κ2) is 5.61. The summed E-state index contributed by atoms with van der Waals surface area (Å²) in [7, 11) is 0. The van der Waals surface area contributed by atoms with Gasteiger partial charge in [-0.05, 0) is 33.6 Å². The molecule has 1 heterocycles. The minimum atomic E-state index is -3.03. The van der Waals surface area contributed by atoms with E-state index in [2.05, 4.69) is 26.2 Å². The number of nitrogens with zero attached hydrogens (tertiary/aromatic N) is 3. The molecule has 0 radical (unpaired) electrons. The number of aromatic carboxylic acids is 1. The van der Waals surface area contributed by atoms with E-state index in [1.165, 1.54) is 12.1 Å². The van der Waals surface area contributed by atoms with Crippen molar-refractivity contribution in [3.63, 3.8) is 0 Å². The second-order valence-electron chi connectivity index (χ2n) is 3.84. The van der Waals surface area contributed by atoms with Crippen molar-refractivity contribution >= 4 is 21.9 Å². The third-order valence-corrected chi connectivity index (χ3v) is 3.11. The lowest BCUT2D eigenvalue weighted by atomic mass is 10.2. The van der Waals surface area contributed by atoms with E-state index in [0.717, 1.165) is 10.7 Å². The molecule has 0 bridgehead atoms. The maximum absolute atomic E-state index is 13.1. The number of hydrogen-bond acceptors (Lipinski definition) is 3. The molecule has 1 N–H and O–H groups in total. The van der Waals surface area contributed by atoms with Gasteiger partial charge < -0.3 is 5.11 Å². The first kappa shape index (κ1) is 14.5. The van der Waals surface area contributed by atoms with Crippen LogP contribution in [0.15, 0.2) is 22.7 Å². The van der Waals surface area contributed by atoms with Crippen LogP contribution in [-0.2, 0) is 6.54 Å². The fourth-order valence-electron chi connectivity index (χ4n) is 1.62. The van der Waals surface area contributed by atoms with E-state index in [-0.39, 0.29) is 11.0 Å². The van der Waals surface area contributed by atoms with Crippen LogP contribution in [0.2, 0.25) is 0 Å². The Labute approximate surface area is 119 Å². The van der Waals surface area contributed by atoms with Gasteiger partial charge in [-0.2, -0.15) is 0 Å². The van der Waals surface area contributed by atoms with E-state index in [9.17, 15) is 18.0 Å². The van der Waals surface area contributed by atoms with Crippen LogP contribution < -0.4 is 0 Å². The Bertz CT molecular complexity index is 660. The van der Waals surface area contributed by atoms with Gasteiger partial charge in [-0.15, -0.1) is 5.10 Å². The molecule has 0 saturated heterocycles. The van der Waals surface area contributed by atoms with Crippen LogP contribution in [0, 0.1) is 5.82 Å². The number of carboxylic acid groups (broad SMARTS) is 1. The van der Waals surface area contributed by atoms with E-state index < -0.39 is 29.6 Å². The first-order valence-electron chi connectivity index (χ1n) is 5.29. The third-order valence-electron chi connectivity index (χ3n) is 2.50. The smallest absolute Gasteiger partial charge is 0.358 e. The van der Waals surface area contributed by atoms with Crippen molar-refractivity contribution in [2.24, 2.45) is 0 Å². The molecule has 2 aromatic rings. The van der Waals surface area contributed by atoms with Gasteiger partial charge in [-0.3, -0.25) is 0 Å². The molecule has 0 amide bonds. The summed E-state index contributed by atoms with van der Waals surface area (Å²) in [6.45, 7) is -0.140. The highest BCUT2D eigenvalue weighted by Crippen LogP contribution is 2.23. The van der Waals surface area contributed by atoms with Gasteiger partial charge in [-0.25, -0.2) is 22.6 Å². The molecule has 0 aliphatic carbocycles. The molecule has 5 nitrogen and oxygen atoms in total. The van der Waals surface area contributed by atoms with Crippen molar-refractivity contribution in [2.45, 2.75) is 13.0 Å². The Kier molecular flexibility index (Phi) is 4.07. The quantitative estimate of drug-likeness (QED) is 0.921. The number of halogens is 4. The van der Waals surface area contributed by atoms with Gasteiger partial charge in [0.15, 0.2) is 5.69 Å². The summed E-state index contributed by atoms with van der Waals surface area (Å²) in [5, 5.41) is 15.4. The lowest BCUT2D eigenvalue weighted by Crippen LogP contribution is -2.10. The van der Waals surface area contributed by atoms with Gasteiger partial charge in [0.2, 0.25) is 0 Å². The molecule has 0 saturated carbocycles. The molecular weight excluding hydrogens is 343 g/mol. The Morgan fingerprint density at radius 2 is 2.15 bits per heavy atom. The fraction of sp³-hybridized carbons (Fsp3) is 0.182. The summed E-state index contributed by atoms with van der Waals surface area (Å²) in [4.78, 5) is 10.8. The van der Waals surface area contributed by atoms with Gasteiger partial charge in [0.1, 0.15) is 11.5 Å². The van der Waals surface area contributed by atoms with E-state index in [4.69, 9.17) is 5.11 Å². The first-order chi connectivity index (χ1) is 9.40. The van der Waals surface area contributed by atoms with Crippen molar-refractivity contribution < 1.29 is 23.1 Å². The Hall–Kier alpha value is -1.90. The first-order valence-corrected chi connectivity index (χ1v) is 6.08. The Morgan fingerprint density at radius 3 is 2.70 bits per heavy atom. The van der Waals surface area contributed by atoms with Crippen molar-refractivity contribution in [2.75, 3.05) is 0 Å². The van der Waals surface area contributed by atoms with E-state index >= 15 is 0 Å². The summed E-state index contributed by atoms with van der Waals surface area (Å²) < 4.78 is 39.8. The summed E-state index contributed by atoms with van der Waals surface area (Å²) in [6.07, 6.45) is -3.03. The van der Waals surface area contributed by atoms with Gasteiger partial charge in [-0.1, -0.05) is 11.3 Å². The molecule has 20 heavy (non-hydrogen) atoms. The average molecular weight is 350 g/mol. The number of aromatic nitrogens is 3. The van der Waals surface area contributed by atoms with Gasteiger partial charge >= 0.3 is 5.97 Å². The molecule has 1 aromatic carbocycles. The molecule has 0 aliphatic rings. The van der Waals surface area contributed by atoms with Crippen LogP contribution >= 0.6 is 15.9 Å². The maximum atomic E-state index is 13.1. The minimum Gasteiger partial charge on any atom is -0.476 e. The van der Waals surface area contributed by atoms with Gasteiger partial charge in [0, 0.05) is 0 Å². The van der Waals surface area contributed by atoms with Crippen molar-refractivity contribution in [3.8, 4) is 0 Å². The summed E-state index contributed by atoms with van der Waals surface area (Å²) in [5.74, 6) is -2.07. The van der Waals surface area contributed by atoms with Crippen LogP contribution in [0.25, 0.3) is 0 Å². The SMILES string of the molecule is O=C(O)c1nnn(Cc2ccc(F)c(Br)c2)c1C(F)F. The highest BCUT2D eigenvalue weighted by atomic mass is 79.9. The van der Waals surface area contributed by atoms with E-state index in [0.29, 0.717) is 5.56 Å². The number of hydrogen-bond donors (Lipinski definition) is 1. The van der Waals surface area contributed by atoms with E-state index in [1.54, 1.807) is 0 Å². The second-order valence-corrected chi connectivity index (χ2v) is 4.69. The Balaban J connectivity index is 2.38. The number of carbonyl (C=O) groups is 1.